The zero-order valence-electron chi connectivity index (χ0n) is 13.8. The van der Waals surface area contributed by atoms with Gasteiger partial charge in [-0.3, -0.25) is 13.5 Å². The fourth-order valence-electron chi connectivity index (χ4n) is 2.60. The Labute approximate surface area is 148 Å². The molecule has 25 heavy (non-hydrogen) atoms. The van der Waals surface area contributed by atoms with Crippen LogP contribution in [0.4, 0.5) is 5.69 Å². The van der Waals surface area contributed by atoms with Gasteiger partial charge in [0.15, 0.2) is 11.5 Å². The van der Waals surface area contributed by atoms with Crippen LogP contribution in [0.3, 0.4) is 0 Å². The highest BCUT2D eigenvalue weighted by Crippen LogP contribution is 2.36. The van der Waals surface area contributed by atoms with E-state index in [1.807, 2.05) is 0 Å². The minimum atomic E-state index is -4.00. The lowest BCUT2D eigenvalue weighted by Gasteiger charge is -2.14. The van der Waals surface area contributed by atoms with Crippen LogP contribution in [0.1, 0.15) is 0 Å². The molecule has 0 saturated carbocycles. The number of hydrogen-bond acceptors (Lipinski definition) is 6. The normalized spacial score (nSPS) is 11.5. The van der Waals surface area contributed by atoms with Gasteiger partial charge in [0.2, 0.25) is 0 Å². The lowest BCUT2D eigenvalue weighted by atomic mass is 10.2. The van der Waals surface area contributed by atoms with Crippen LogP contribution >= 0.6 is 11.5 Å². The molecule has 0 bridgehead atoms. The van der Waals surface area contributed by atoms with E-state index < -0.39 is 10.0 Å². The summed E-state index contributed by atoms with van der Waals surface area (Å²) < 4.78 is 40.0. The summed E-state index contributed by atoms with van der Waals surface area (Å²) in [5.41, 5.74) is 0.793. The van der Waals surface area contributed by atoms with E-state index in [-0.39, 0.29) is 26.5 Å². The standard InChI is InChI=1S/C16H16N2O5S2/c1-18-11-7-5-9-13(14(11)16(19)24-18)25(20,21)17-10-6-4-8-12(22-2)15(10)23-3/h4-9,17H,1-3H3. The van der Waals surface area contributed by atoms with E-state index in [9.17, 15) is 13.2 Å². The highest BCUT2D eigenvalue weighted by Gasteiger charge is 2.23. The fourth-order valence-corrected chi connectivity index (χ4v) is 4.75. The molecule has 0 fully saturated rings. The van der Waals surface area contributed by atoms with E-state index in [4.69, 9.17) is 9.47 Å². The molecular formula is C16H16N2O5S2. The van der Waals surface area contributed by atoms with E-state index in [1.54, 1.807) is 41.3 Å². The van der Waals surface area contributed by atoms with Gasteiger partial charge in [0, 0.05) is 7.05 Å². The molecule has 9 heteroatoms. The molecule has 7 nitrogen and oxygen atoms in total. The molecule has 0 unspecified atom stereocenters. The van der Waals surface area contributed by atoms with Crippen molar-refractivity contribution in [2.75, 3.05) is 18.9 Å². The van der Waals surface area contributed by atoms with Crippen LogP contribution in [0.2, 0.25) is 0 Å². The van der Waals surface area contributed by atoms with Crippen LogP contribution in [0.15, 0.2) is 46.1 Å². The van der Waals surface area contributed by atoms with Crippen molar-refractivity contribution in [3.05, 3.63) is 45.9 Å². The van der Waals surface area contributed by atoms with Crippen LogP contribution in [-0.2, 0) is 17.1 Å². The first-order valence-electron chi connectivity index (χ1n) is 7.22. The average molecular weight is 380 g/mol. The Morgan fingerprint density at radius 2 is 1.80 bits per heavy atom. The number of nitrogens with one attached hydrogen (secondary N) is 1. The number of nitrogens with zero attached hydrogens (tertiary/aromatic N) is 1. The number of sulfonamides is 1. The number of aromatic nitrogens is 1. The molecule has 0 atom stereocenters. The van der Waals surface area contributed by atoms with Crippen molar-refractivity contribution < 1.29 is 17.9 Å². The van der Waals surface area contributed by atoms with Crippen LogP contribution in [-0.4, -0.2) is 26.6 Å². The van der Waals surface area contributed by atoms with Crippen molar-refractivity contribution in [2.24, 2.45) is 7.05 Å². The van der Waals surface area contributed by atoms with E-state index in [1.165, 1.54) is 20.3 Å². The second-order valence-corrected chi connectivity index (χ2v) is 7.92. The third kappa shape index (κ3) is 2.96. The largest absolute Gasteiger partial charge is 0.493 e. The van der Waals surface area contributed by atoms with Gasteiger partial charge in [-0.25, -0.2) is 8.42 Å². The Hall–Kier alpha value is -2.52. The van der Waals surface area contributed by atoms with Gasteiger partial charge in [-0.2, -0.15) is 0 Å². The van der Waals surface area contributed by atoms with Crippen LogP contribution in [0.5, 0.6) is 11.5 Å². The summed E-state index contributed by atoms with van der Waals surface area (Å²) in [5, 5.41) is 0.171. The smallest absolute Gasteiger partial charge is 0.262 e. The van der Waals surface area contributed by atoms with E-state index in [2.05, 4.69) is 4.72 Å². The fraction of sp³-hybridized carbons (Fsp3) is 0.188. The van der Waals surface area contributed by atoms with Crippen molar-refractivity contribution in [1.82, 2.24) is 3.96 Å². The maximum Gasteiger partial charge on any atom is 0.262 e. The van der Waals surface area contributed by atoms with E-state index in [0.29, 0.717) is 11.3 Å². The Bertz CT molecular complexity index is 1100. The van der Waals surface area contributed by atoms with Crippen LogP contribution in [0.25, 0.3) is 10.9 Å². The number of rotatable bonds is 5. The molecule has 1 N–H and O–H groups in total. The molecule has 0 spiro atoms. The van der Waals surface area contributed by atoms with Gasteiger partial charge in [0.05, 0.1) is 30.8 Å². The molecule has 0 aliphatic carbocycles. The van der Waals surface area contributed by atoms with Gasteiger partial charge in [0.25, 0.3) is 14.8 Å². The number of methoxy groups -OCH3 is 2. The maximum absolute atomic E-state index is 12.9. The summed E-state index contributed by atoms with van der Waals surface area (Å²) in [6, 6.07) is 9.58. The molecule has 1 heterocycles. The first-order valence-corrected chi connectivity index (χ1v) is 9.47. The molecule has 2 aromatic carbocycles. The SMILES string of the molecule is COc1cccc(NS(=O)(=O)c2cccc3c2c(=O)sn3C)c1OC. The van der Waals surface area contributed by atoms with Gasteiger partial charge in [0.1, 0.15) is 4.90 Å². The summed E-state index contributed by atoms with van der Waals surface area (Å²) in [4.78, 5) is 12.1. The van der Waals surface area contributed by atoms with E-state index >= 15 is 0 Å². The minimum Gasteiger partial charge on any atom is -0.493 e. The lowest BCUT2D eigenvalue weighted by Crippen LogP contribution is -2.15. The van der Waals surface area contributed by atoms with Crippen molar-refractivity contribution in [3.63, 3.8) is 0 Å². The van der Waals surface area contributed by atoms with Crippen LogP contribution < -0.4 is 18.9 Å². The van der Waals surface area contributed by atoms with Crippen molar-refractivity contribution in [1.29, 1.82) is 0 Å². The summed E-state index contributed by atoms with van der Waals surface area (Å²) in [7, 11) is 0.599. The molecule has 132 valence electrons. The third-order valence-corrected chi connectivity index (χ3v) is 5.95. The van der Waals surface area contributed by atoms with Crippen LogP contribution in [0, 0.1) is 0 Å². The van der Waals surface area contributed by atoms with Crippen molar-refractivity contribution in [3.8, 4) is 11.5 Å². The summed E-state index contributed by atoms with van der Waals surface area (Å²) >= 11 is 0.957. The molecule has 3 rings (SSSR count). The number of hydrogen-bond donors (Lipinski definition) is 1. The first kappa shape index (κ1) is 17.3. The topological polar surface area (TPSA) is 86.6 Å². The molecule has 0 aliphatic rings. The highest BCUT2D eigenvalue weighted by atomic mass is 32.2. The third-order valence-electron chi connectivity index (χ3n) is 3.70. The number of aryl methyl sites for hydroxylation is 1. The zero-order chi connectivity index (χ0) is 18.2. The molecule has 1 aromatic heterocycles. The molecule has 0 amide bonds. The number of benzene rings is 2. The number of para-hydroxylation sites is 1. The van der Waals surface area contributed by atoms with E-state index in [0.717, 1.165) is 11.5 Å². The second kappa shape index (κ2) is 6.41. The van der Waals surface area contributed by atoms with Gasteiger partial charge >= 0.3 is 0 Å². The molecule has 0 aliphatic heterocycles. The molecule has 0 saturated heterocycles. The quantitative estimate of drug-likeness (QED) is 0.735. The zero-order valence-corrected chi connectivity index (χ0v) is 15.4. The Morgan fingerprint density at radius 3 is 2.48 bits per heavy atom. The molecular weight excluding hydrogens is 364 g/mol. The van der Waals surface area contributed by atoms with Gasteiger partial charge in [-0.15, -0.1) is 0 Å². The number of ether oxygens (including phenoxy) is 2. The predicted molar refractivity (Wildman–Crippen MR) is 97.4 cm³/mol. The average Bonchev–Trinajstić information content (AvgIpc) is 2.88. The molecule has 0 radical (unpaired) electrons. The highest BCUT2D eigenvalue weighted by molar-refractivity contribution is 7.93. The number of anilines is 1. The van der Waals surface area contributed by atoms with Gasteiger partial charge in [-0.1, -0.05) is 12.1 Å². The summed E-state index contributed by atoms with van der Waals surface area (Å²) in [5.74, 6) is 0.659. The maximum atomic E-state index is 12.9. The summed E-state index contributed by atoms with van der Waals surface area (Å²) in [6.45, 7) is 0. The minimum absolute atomic E-state index is 0.0725. The predicted octanol–water partition coefficient (Wildman–Crippen LogP) is 2.42. The number of fused-ring (bicyclic) bond motifs is 1. The second-order valence-electron chi connectivity index (χ2n) is 5.17. The van der Waals surface area contributed by atoms with Crippen molar-refractivity contribution in [2.45, 2.75) is 4.90 Å². The summed E-state index contributed by atoms with van der Waals surface area (Å²) in [6.07, 6.45) is 0. The molecule has 3 aromatic rings. The van der Waals surface area contributed by atoms with Gasteiger partial charge < -0.3 is 9.47 Å². The van der Waals surface area contributed by atoms with Crippen molar-refractivity contribution >= 4 is 38.1 Å². The lowest BCUT2D eigenvalue weighted by molar-refractivity contribution is 0.356. The first-order chi connectivity index (χ1) is 11.9. The monoisotopic (exact) mass is 380 g/mol. The van der Waals surface area contributed by atoms with Gasteiger partial charge in [-0.05, 0) is 35.8 Å². The Balaban J connectivity index is 2.15. The Morgan fingerprint density at radius 1 is 1.08 bits per heavy atom. The Kier molecular flexibility index (Phi) is 4.44.